The maximum absolute atomic E-state index is 12.1. The topological polar surface area (TPSA) is 26.3 Å². The fourth-order valence-corrected chi connectivity index (χ4v) is 2.38. The van der Waals surface area contributed by atoms with Gasteiger partial charge < -0.3 is 4.74 Å². The van der Waals surface area contributed by atoms with Gasteiger partial charge in [-0.05, 0) is 55.8 Å². The van der Waals surface area contributed by atoms with Crippen molar-refractivity contribution in [3.63, 3.8) is 0 Å². The van der Waals surface area contributed by atoms with Crippen LogP contribution in [0, 0.1) is 0 Å². The zero-order valence-corrected chi connectivity index (χ0v) is 13.9. The Hall–Kier alpha value is -1.77. The van der Waals surface area contributed by atoms with E-state index in [1.807, 2.05) is 38.1 Å². The second-order valence-electron chi connectivity index (χ2n) is 5.06. The quantitative estimate of drug-likeness (QED) is 0.519. The van der Waals surface area contributed by atoms with Crippen LogP contribution in [0.2, 0.25) is 10.0 Å². The molecule has 0 saturated heterocycles. The Kier molecular flexibility index (Phi) is 5.64. The molecule has 2 aromatic carbocycles. The fourth-order valence-electron chi connectivity index (χ4n) is 1.88. The molecule has 0 aliphatic heterocycles. The van der Waals surface area contributed by atoms with Crippen LogP contribution in [0.15, 0.2) is 48.5 Å². The van der Waals surface area contributed by atoms with Gasteiger partial charge in [-0.1, -0.05) is 41.4 Å². The molecule has 0 amide bonds. The summed E-state index contributed by atoms with van der Waals surface area (Å²) in [6, 6.07) is 12.4. The molecule has 0 atom stereocenters. The molecule has 114 valence electrons. The van der Waals surface area contributed by atoms with Crippen molar-refractivity contribution < 1.29 is 9.53 Å². The summed E-state index contributed by atoms with van der Waals surface area (Å²) in [5, 5.41) is 0.856. The van der Waals surface area contributed by atoms with Gasteiger partial charge in [0, 0.05) is 10.6 Å². The average molecular weight is 335 g/mol. The van der Waals surface area contributed by atoms with Crippen LogP contribution in [-0.4, -0.2) is 11.9 Å². The average Bonchev–Trinajstić information content (AvgIpc) is 2.45. The maximum Gasteiger partial charge on any atom is 0.187 e. The first-order valence-corrected chi connectivity index (χ1v) is 7.65. The predicted molar refractivity (Wildman–Crippen MR) is 92.0 cm³/mol. The summed E-state index contributed by atoms with van der Waals surface area (Å²) in [4.78, 5) is 12.1. The molecule has 4 heteroatoms. The van der Waals surface area contributed by atoms with Gasteiger partial charge in [0.05, 0.1) is 11.1 Å². The third-order valence-electron chi connectivity index (χ3n) is 2.88. The minimum atomic E-state index is -0.163. The largest absolute Gasteiger partial charge is 0.491 e. The van der Waals surface area contributed by atoms with Gasteiger partial charge >= 0.3 is 0 Å². The van der Waals surface area contributed by atoms with E-state index in [4.69, 9.17) is 27.9 Å². The van der Waals surface area contributed by atoms with E-state index in [0.717, 1.165) is 11.3 Å². The van der Waals surface area contributed by atoms with Gasteiger partial charge in [0.15, 0.2) is 5.78 Å². The summed E-state index contributed by atoms with van der Waals surface area (Å²) >= 11 is 11.8. The Labute approximate surface area is 140 Å². The Bertz CT molecular complexity index is 689. The number of carbonyl (C=O) groups excluding carboxylic acids is 1. The maximum atomic E-state index is 12.1. The van der Waals surface area contributed by atoms with Crippen molar-refractivity contribution in [2.75, 3.05) is 0 Å². The van der Waals surface area contributed by atoms with E-state index in [-0.39, 0.29) is 11.9 Å². The number of ketones is 1. The molecule has 0 heterocycles. The zero-order valence-electron chi connectivity index (χ0n) is 12.3. The van der Waals surface area contributed by atoms with E-state index >= 15 is 0 Å². The Morgan fingerprint density at radius 2 is 1.77 bits per heavy atom. The molecule has 0 bridgehead atoms. The van der Waals surface area contributed by atoms with Crippen LogP contribution in [0.1, 0.15) is 29.8 Å². The summed E-state index contributed by atoms with van der Waals surface area (Å²) in [5.74, 6) is 0.642. The molecule has 0 aliphatic carbocycles. The summed E-state index contributed by atoms with van der Waals surface area (Å²) < 4.78 is 5.57. The minimum Gasteiger partial charge on any atom is -0.491 e. The molecule has 0 fully saturated rings. The van der Waals surface area contributed by atoms with Crippen molar-refractivity contribution in [3.8, 4) is 5.75 Å². The van der Waals surface area contributed by atoms with Crippen molar-refractivity contribution in [3.05, 3.63) is 69.7 Å². The molecule has 2 aromatic rings. The molecule has 0 spiro atoms. The minimum absolute atomic E-state index is 0.134. The molecule has 0 aromatic heterocycles. The van der Waals surface area contributed by atoms with Crippen LogP contribution in [-0.2, 0) is 0 Å². The molecule has 0 unspecified atom stereocenters. The van der Waals surface area contributed by atoms with Crippen LogP contribution in [0.3, 0.4) is 0 Å². The summed E-state index contributed by atoms with van der Waals surface area (Å²) in [7, 11) is 0. The number of allylic oxidation sites excluding steroid dienone is 1. The molecule has 22 heavy (non-hydrogen) atoms. The SMILES string of the molecule is CC(C)Oc1ccc(/C=C/C(=O)c2ccc(Cl)cc2Cl)cc1. The molecular formula is C18H16Cl2O2. The van der Waals surface area contributed by atoms with Gasteiger partial charge in [-0.2, -0.15) is 0 Å². The molecule has 0 aliphatic rings. The second kappa shape index (κ2) is 7.48. The lowest BCUT2D eigenvalue weighted by Crippen LogP contribution is -2.05. The molecule has 2 rings (SSSR count). The highest BCUT2D eigenvalue weighted by Gasteiger charge is 2.07. The predicted octanol–water partition coefficient (Wildman–Crippen LogP) is 5.68. The normalized spacial score (nSPS) is 11.1. The lowest BCUT2D eigenvalue weighted by Gasteiger charge is -2.09. The Morgan fingerprint density at radius 3 is 2.36 bits per heavy atom. The van der Waals surface area contributed by atoms with Gasteiger partial charge in [0.2, 0.25) is 0 Å². The van der Waals surface area contributed by atoms with Crippen LogP contribution in [0.4, 0.5) is 0 Å². The van der Waals surface area contributed by atoms with Gasteiger partial charge in [0.1, 0.15) is 5.75 Å². The Morgan fingerprint density at radius 1 is 1.09 bits per heavy atom. The third-order valence-corrected chi connectivity index (χ3v) is 3.42. The van der Waals surface area contributed by atoms with E-state index < -0.39 is 0 Å². The summed E-state index contributed by atoms with van der Waals surface area (Å²) in [5.41, 5.74) is 1.34. The number of benzene rings is 2. The Balaban J connectivity index is 2.09. The van der Waals surface area contributed by atoms with Gasteiger partial charge in [-0.25, -0.2) is 0 Å². The smallest absolute Gasteiger partial charge is 0.187 e. The third kappa shape index (κ3) is 4.62. The molecule has 0 saturated carbocycles. The lowest BCUT2D eigenvalue weighted by atomic mass is 10.1. The highest BCUT2D eigenvalue weighted by Crippen LogP contribution is 2.22. The number of carbonyl (C=O) groups is 1. The van der Waals surface area contributed by atoms with E-state index in [2.05, 4.69) is 0 Å². The van der Waals surface area contributed by atoms with E-state index in [9.17, 15) is 4.79 Å². The van der Waals surface area contributed by atoms with Crippen molar-refractivity contribution in [1.82, 2.24) is 0 Å². The highest BCUT2D eigenvalue weighted by atomic mass is 35.5. The number of ether oxygens (including phenoxy) is 1. The van der Waals surface area contributed by atoms with Crippen molar-refractivity contribution in [2.24, 2.45) is 0 Å². The lowest BCUT2D eigenvalue weighted by molar-refractivity contribution is 0.104. The van der Waals surface area contributed by atoms with Gasteiger partial charge in [-0.15, -0.1) is 0 Å². The number of halogens is 2. The number of rotatable bonds is 5. The van der Waals surface area contributed by atoms with Crippen molar-refractivity contribution >= 4 is 35.1 Å². The standard InChI is InChI=1S/C18H16Cl2O2/c1-12(2)22-15-7-3-13(4-8-15)5-10-18(21)16-9-6-14(19)11-17(16)20/h3-12H,1-2H3/b10-5+. The number of hydrogen-bond acceptors (Lipinski definition) is 2. The first-order valence-electron chi connectivity index (χ1n) is 6.90. The van der Waals surface area contributed by atoms with Gasteiger partial charge in [0.25, 0.3) is 0 Å². The van der Waals surface area contributed by atoms with E-state index in [1.165, 1.54) is 6.08 Å². The zero-order chi connectivity index (χ0) is 16.1. The summed E-state index contributed by atoms with van der Waals surface area (Å²) in [6.45, 7) is 3.95. The van der Waals surface area contributed by atoms with E-state index in [0.29, 0.717) is 15.6 Å². The molecular weight excluding hydrogens is 319 g/mol. The molecule has 0 radical (unpaired) electrons. The summed E-state index contributed by atoms with van der Waals surface area (Å²) in [6.07, 6.45) is 3.37. The van der Waals surface area contributed by atoms with Crippen LogP contribution in [0.25, 0.3) is 6.08 Å². The highest BCUT2D eigenvalue weighted by molar-refractivity contribution is 6.37. The van der Waals surface area contributed by atoms with Crippen molar-refractivity contribution in [2.45, 2.75) is 20.0 Å². The first-order chi connectivity index (χ1) is 10.5. The number of hydrogen-bond donors (Lipinski definition) is 0. The van der Waals surface area contributed by atoms with Crippen LogP contribution >= 0.6 is 23.2 Å². The van der Waals surface area contributed by atoms with Crippen LogP contribution < -0.4 is 4.74 Å². The van der Waals surface area contributed by atoms with Gasteiger partial charge in [-0.3, -0.25) is 4.79 Å². The second-order valence-corrected chi connectivity index (χ2v) is 5.90. The molecule has 2 nitrogen and oxygen atoms in total. The molecule has 0 N–H and O–H groups in total. The van der Waals surface area contributed by atoms with E-state index in [1.54, 1.807) is 24.3 Å². The van der Waals surface area contributed by atoms with Crippen molar-refractivity contribution in [1.29, 1.82) is 0 Å². The monoisotopic (exact) mass is 334 g/mol. The van der Waals surface area contributed by atoms with Crippen LogP contribution in [0.5, 0.6) is 5.75 Å². The first kappa shape index (κ1) is 16.6. The fraction of sp³-hybridized carbons (Fsp3) is 0.167.